The molecule has 19 nitrogen and oxygen atoms in total. The van der Waals surface area contributed by atoms with Crippen LogP contribution in [0.3, 0.4) is 0 Å². The van der Waals surface area contributed by atoms with E-state index in [0.29, 0.717) is 52.3 Å². The summed E-state index contributed by atoms with van der Waals surface area (Å²) in [4.78, 5) is 53.7. The van der Waals surface area contributed by atoms with Crippen molar-refractivity contribution in [3.05, 3.63) is 167 Å². The number of nitrogens with two attached hydrogens (primary N) is 1. The second kappa shape index (κ2) is 32.0. The van der Waals surface area contributed by atoms with Gasteiger partial charge in [0.05, 0.1) is 45.8 Å². The van der Waals surface area contributed by atoms with Crippen LogP contribution < -0.4 is 27.0 Å². The highest BCUT2D eigenvalue weighted by Crippen LogP contribution is 2.34. The number of sulfone groups is 1. The molecule has 0 saturated carbocycles. The molecule has 0 radical (unpaired) electrons. The first kappa shape index (κ1) is 67.2. The number of amides is 2. The Morgan fingerprint density at radius 2 is 1.02 bits per heavy atom. The molecular formula is C60H71Cl4N13O6S2. The fraction of sp³-hybridized carbons (Fsp3) is 0.300. The summed E-state index contributed by atoms with van der Waals surface area (Å²) in [6.45, 7) is 5.88. The molecule has 2 aliphatic heterocycles. The second-order valence-electron chi connectivity index (χ2n) is 20.2. The molecule has 0 atom stereocenters. The van der Waals surface area contributed by atoms with Crippen LogP contribution in [-0.4, -0.2) is 131 Å². The summed E-state index contributed by atoms with van der Waals surface area (Å²) in [6.07, 6.45) is 19.6. The molecule has 8 N–H and O–H groups in total. The van der Waals surface area contributed by atoms with E-state index >= 15 is 0 Å². The predicted molar refractivity (Wildman–Crippen MR) is 349 cm³/mol. The van der Waals surface area contributed by atoms with E-state index in [0.717, 1.165) is 116 Å². The molecule has 4 aromatic heterocycles. The van der Waals surface area contributed by atoms with Crippen LogP contribution in [0.15, 0.2) is 146 Å². The highest BCUT2D eigenvalue weighted by atomic mass is 35.7. The Kier molecular flexibility index (Phi) is 25.3. The Balaban J connectivity index is 0.000000248. The van der Waals surface area contributed by atoms with Crippen molar-refractivity contribution in [2.75, 3.05) is 72.3 Å². The van der Waals surface area contributed by atoms with Crippen molar-refractivity contribution in [3.63, 3.8) is 0 Å². The zero-order chi connectivity index (χ0) is 58.9. The Morgan fingerprint density at radius 3 is 1.41 bits per heavy atom. The van der Waals surface area contributed by atoms with Gasteiger partial charge in [-0.15, -0.1) is 12.4 Å². The van der Waals surface area contributed by atoms with E-state index in [4.69, 9.17) is 38.9 Å². The van der Waals surface area contributed by atoms with Gasteiger partial charge in [-0.2, -0.15) is 0 Å². The fourth-order valence-electron chi connectivity index (χ4n) is 9.54. The van der Waals surface area contributed by atoms with Gasteiger partial charge >= 0.3 is 0 Å². The minimum Gasteiger partial charge on any atom is -0.360 e. The topological polar surface area (TPSA) is 266 Å². The number of piperidine rings is 2. The first-order chi connectivity index (χ1) is 39.8. The van der Waals surface area contributed by atoms with Crippen LogP contribution in [0, 0.1) is 0 Å². The van der Waals surface area contributed by atoms with Gasteiger partial charge in [-0.3, -0.25) is 19.4 Å². The molecular weight excluding hydrogens is 1200 g/mol. The molecule has 6 heterocycles. The van der Waals surface area contributed by atoms with Gasteiger partial charge in [0.1, 0.15) is 9.84 Å². The van der Waals surface area contributed by atoms with Crippen molar-refractivity contribution in [1.29, 1.82) is 0 Å². The van der Waals surface area contributed by atoms with Gasteiger partial charge in [0.15, 0.2) is 0 Å². The summed E-state index contributed by atoms with van der Waals surface area (Å²) < 4.78 is 41.1. The van der Waals surface area contributed by atoms with Crippen molar-refractivity contribution in [1.82, 2.24) is 39.7 Å². The first-order valence-corrected chi connectivity index (χ1v) is 32.4. The third-order valence-corrected chi connectivity index (χ3v) is 15.1. The summed E-state index contributed by atoms with van der Waals surface area (Å²) in [7, 11) is -1.73. The minimum atomic E-state index is -3.19. The number of nitrogens with zero attached hydrogens (tertiary/aromatic N) is 6. The summed E-state index contributed by atoms with van der Waals surface area (Å²) in [5, 5.41) is 15.9. The number of benzene rings is 4. The molecule has 452 valence electrons. The van der Waals surface area contributed by atoms with Crippen molar-refractivity contribution < 1.29 is 26.4 Å². The van der Waals surface area contributed by atoms with E-state index in [-0.39, 0.29) is 43.4 Å². The standard InChI is InChI=1S/C30H33ClN6O3S.C28H30ClN7O.CH3ClO2S.CH4.ClH/c1-41(39,40)17-5-4-8-28(38)34-22-11-9-21(10-12-22)20-37-15-13-23(14-16-37)35-30-33-19-26(31)29(36-30)25-18-32-27-7-3-2-6-24(25)27;29-24-17-32-28(35-27(24)23-16-31-25-5-2-1-4-22(23)25)34-21-11-14-36(15-12-21)18-19-7-9-20(10-8-19)33-26(37)6-3-13-30;1-5(2,3)4;;/h2-4,6-12,18-19,23,32H,5,13-17,20H2,1H3,(H,34,38)(H,33,35,36);1-10,16-17,21,31H,11-15,18,30H2,(H,33,37)(H,32,34,35);1H3;1H4;1H/b8-4+;6-3+;;;. The van der Waals surface area contributed by atoms with Gasteiger partial charge in [-0.25, -0.2) is 36.8 Å². The number of aromatic amines is 2. The van der Waals surface area contributed by atoms with Crippen molar-refractivity contribution in [3.8, 4) is 22.5 Å². The number of likely N-dealkylation sites (tertiary alicyclic amines) is 2. The maximum Gasteiger partial charge on any atom is 0.248 e. The molecule has 0 unspecified atom stereocenters. The number of H-pyrrole nitrogens is 2. The summed E-state index contributed by atoms with van der Waals surface area (Å²) in [6, 6.07) is 32.5. The van der Waals surface area contributed by atoms with Gasteiger partial charge in [0.25, 0.3) is 0 Å². The number of fused-ring (bicyclic) bond motifs is 2. The normalized spacial score (nSPS) is 14.4. The molecule has 0 spiro atoms. The number of carbonyl (C=O) groups is 2. The van der Waals surface area contributed by atoms with Crippen molar-refractivity contribution in [2.45, 2.75) is 64.7 Å². The number of hydrogen-bond acceptors (Lipinski definition) is 15. The molecule has 0 aliphatic carbocycles. The van der Waals surface area contributed by atoms with E-state index in [1.807, 2.05) is 85.2 Å². The maximum atomic E-state index is 12.1. The largest absolute Gasteiger partial charge is 0.360 e. The number of rotatable bonds is 18. The molecule has 2 fully saturated rings. The molecule has 2 saturated heterocycles. The summed E-state index contributed by atoms with van der Waals surface area (Å²) in [5.74, 6) is 0.753. The summed E-state index contributed by atoms with van der Waals surface area (Å²) in [5.41, 5.74) is 14.7. The molecule has 2 aliphatic rings. The van der Waals surface area contributed by atoms with E-state index in [9.17, 15) is 26.4 Å². The Hall–Kier alpha value is -6.92. The molecule has 8 aromatic rings. The zero-order valence-electron chi connectivity index (χ0n) is 46.3. The lowest BCUT2D eigenvalue weighted by Gasteiger charge is -2.32. The third kappa shape index (κ3) is 21.2. The van der Waals surface area contributed by atoms with Crippen LogP contribution >= 0.6 is 46.3 Å². The van der Waals surface area contributed by atoms with Gasteiger partial charge in [0.2, 0.25) is 32.8 Å². The number of halogens is 4. The quantitative estimate of drug-likeness (QED) is 0.0311. The number of carbonyl (C=O) groups excluding carboxylic acids is 2. The number of aromatic nitrogens is 6. The molecule has 10 rings (SSSR count). The van der Waals surface area contributed by atoms with E-state index < -0.39 is 18.9 Å². The lowest BCUT2D eigenvalue weighted by molar-refractivity contribution is -0.112. The average Bonchev–Trinajstić information content (AvgIpc) is 2.86. The van der Waals surface area contributed by atoms with Crippen LogP contribution in [-0.2, 0) is 41.6 Å². The highest BCUT2D eigenvalue weighted by molar-refractivity contribution is 8.13. The smallest absolute Gasteiger partial charge is 0.248 e. The SMILES string of the molecule is C.CS(=O)(=O)CC/C=C/C(=O)Nc1ccc(CN2CCC(Nc3ncc(Cl)c(-c4c[nH]c5ccccc45)n3)CC2)cc1.CS(=O)(=O)Cl.Cl.NC/C=C/C(=O)Nc1ccc(CN2CCC(Nc3ncc(Cl)c(-c4c[nH]c5ccccc45)n3)CC2)cc1. The van der Waals surface area contributed by atoms with Gasteiger partial charge < -0.3 is 37.0 Å². The van der Waals surface area contributed by atoms with E-state index in [1.54, 1.807) is 24.5 Å². The van der Waals surface area contributed by atoms with Crippen LogP contribution in [0.5, 0.6) is 0 Å². The van der Waals surface area contributed by atoms with Crippen LogP contribution in [0.2, 0.25) is 10.0 Å². The average molecular weight is 1280 g/mol. The second-order valence-corrected chi connectivity index (χ2v) is 26.3. The number of hydrogen-bond donors (Lipinski definition) is 7. The minimum absolute atomic E-state index is 0. The first-order valence-electron chi connectivity index (χ1n) is 26.9. The number of para-hydroxylation sites is 2. The van der Waals surface area contributed by atoms with Crippen LogP contribution in [0.4, 0.5) is 23.3 Å². The van der Waals surface area contributed by atoms with Crippen LogP contribution in [0.25, 0.3) is 44.3 Å². The molecule has 4 aromatic carbocycles. The van der Waals surface area contributed by atoms with Gasteiger partial charge in [-0.05, 0) is 85.7 Å². The fourth-order valence-corrected chi connectivity index (χ4v) is 10.5. The Bertz CT molecular complexity index is 3770. The van der Waals surface area contributed by atoms with E-state index in [2.05, 4.69) is 86.0 Å². The van der Waals surface area contributed by atoms with Crippen LogP contribution in [0.1, 0.15) is 50.7 Å². The lowest BCUT2D eigenvalue weighted by atomic mass is 10.0. The summed E-state index contributed by atoms with van der Waals surface area (Å²) >= 11 is 13.0. The maximum absolute atomic E-state index is 12.1. The molecule has 25 heteroatoms. The highest BCUT2D eigenvalue weighted by Gasteiger charge is 2.23. The Morgan fingerprint density at radius 1 is 0.635 bits per heavy atom. The van der Waals surface area contributed by atoms with Gasteiger partial charge in [0, 0.05) is 138 Å². The lowest BCUT2D eigenvalue weighted by Crippen LogP contribution is -2.39. The van der Waals surface area contributed by atoms with Crippen molar-refractivity contribution in [2.24, 2.45) is 5.73 Å². The Labute approximate surface area is 517 Å². The number of allylic oxidation sites excluding steroid dienone is 1. The van der Waals surface area contributed by atoms with E-state index in [1.165, 1.54) is 29.5 Å². The number of nitrogens with one attached hydrogen (secondary N) is 6. The predicted octanol–water partition coefficient (Wildman–Crippen LogP) is 11.3. The third-order valence-electron chi connectivity index (χ3n) is 13.6. The van der Waals surface area contributed by atoms with Crippen molar-refractivity contribution >= 4 is 122 Å². The molecule has 0 bridgehead atoms. The molecule has 85 heavy (non-hydrogen) atoms. The monoisotopic (exact) mass is 1270 g/mol. The van der Waals surface area contributed by atoms with Gasteiger partial charge in [-0.1, -0.05) is 103 Å². The molecule has 2 amide bonds. The number of anilines is 4. The zero-order valence-corrected chi connectivity index (χ0v) is 51.0.